The normalized spacial score (nSPS) is 12.3. The molecule has 2 aromatic heterocycles. The van der Waals surface area contributed by atoms with Crippen LogP contribution in [0.2, 0.25) is 19.6 Å². The number of hydrogen-bond acceptors (Lipinski definition) is 2. The molecule has 1 N–H and O–H groups in total. The Morgan fingerprint density at radius 1 is 1.13 bits per heavy atom. The van der Waals surface area contributed by atoms with Crippen molar-refractivity contribution >= 4 is 24.4 Å². The molecule has 0 spiro atoms. The summed E-state index contributed by atoms with van der Waals surface area (Å²) in [5.41, 5.74) is 2.05. The first-order valence-electron chi connectivity index (χ1n) is 5.22. The molecule has 0 bridgehead atoms. The third kappa shape index (κ3) is 1.81. The predicted molar refractivity (Wildman–Crippen MR) is 66.3 cm³/mol. The SMILES string of the molecule is Cc1nc(C)c2cc([Si](C)(C)C)[nH]c2n1. The van der Waals surface area contributed by atoms with Gasteiger partial charge >= 0.3 is 0 Å². The quantitative estimate of drug-likeness (QED) is 0.746. The van der Waals surface area contributed by atoms with Crippen molar-refractivity contribution in [2.24, 2.45) is 0 Å². The molecule has 0 radical (unpaired) electrons. The van der Waals surface area contributed by atoms with Crippen LogP contribution in [0.15, 0.2) is 6.07 Å². The molecule has 0 fully saturated rings. The van der Waals surface area contributed by atoms with E-state index in [1.807, 2.05) is 13.8 Å². The maximum Gasteiger partial charge on any atom is 0.141 e. The molecule has 0 aliphatic carbocycles. The highest BCUT2D eigenvalue weighted by atomic mass is 28.3. The van der Waals surface area contributed by atoms with E-state index in [1.54, 1.807) is 0 Å². The molecular formula is C11H17N3Si. The second-order valence-electron chi connectivity index (χ2n) is 5.05. The molecule has 2 aromatic rings. The molecule has 0 amide bonds. The van der Waals surface area contributed by atoms with Gasteiger partial charge in [-0.3, -0.25) is 0 Å². The topological polar surface area (TPSA) is 41.6 Å². The average molecular weight is 219 g/mol. The number of H-pyrrole nitrogens is 1. The van der Waals surface area contributed by atoms with Crippen molar-refractivity contribution in [3.8, 4) is 0 Å². The Morgan fingerprint density at radius 2 is 1.80 bits per heavy atom. The van der Waals surface area contributed by atoms with Crippen molar-refractivity contribution in [1.29, 1.82) is 0 Å². The van der Waals surface area contributed by atoms with E-state index in [9.17, 15) is 0 Å². The van der Waals surface area contributed by atoms with Gasteiger partial charge in [-0.15, -0.1) is 0 Å². The molecule has 0 aliphatic rings. The minimum atomic E-state index is -1.28. The smallest absolute Gasteiger partial charge is 0.141 e. The first kappa shape index (κ1) is 10.4. The lowest BCUT2D eigenvalue weighted by molar-refractivity contribution is 1.04. The summed E-state index contributed by atoms with van der Waals surface area (Å²) >= 11 is 0. The number of aromatic amines is 1. The summed E-state index contributed by atoms with van der Waals surface area (Å²) in [6.07, 6.45) is 0. The van der Waals surface area contributed by atoms with Gasteiger partial charge in [-0.2, -0.15) is 0 Å². The summed E-state index contributed by atoms with van der Waals surface area (Å²) in [6.45, 7) is 11.0. The molecule has 0 atom stereocenters. The van der Waals surface area contributed by atoms with Gasteiger partial charge in [0.2, 0.25) is 0 Å². The maximum atomic E-state index is 4.43. The highest BCUT2D eigenvalue weighted by molar-refractivity contribution is 6.88. The van der Waals surface area contributed by atoms with Gasteiger partial charge in [0, 0.05) is 10.7 Å². The fraction of sp³-hybridized carbons (Fsp3) is 0.455. The van der Waals surface area contributed by atoms with Crippen LogP contribution in [0.4, 0.5) is 0 Å². The number of rotatable bonds is 1. The summed E-state index contributed by atoms with van der Waals surface area (Å²) < 4.78 is 0. The monoisotopic (exact) mass is 219 g/mol. The molecule has 0 unspecified atom stereocenters. The van der Waals surface area contributed by atoms with Crippen molar-refractivity contribution in [3.63, 3.8) is 0 Å². The van der Waals surface area contributed by atoms with Gasteiger partial charge in [-0.25, -0.2) is 9.97 Å². The molecule has 3 nitrogen and oxygen atoms in total. The standard InChI is InChI=1S/C11H17N3Si/c1-7-9-6-10(15(3,4)5)14-11(9)13-8(2)12-7/h6H,1-5H3,(H,12,13,14). The molecular weight excluding hydrogens is 202 g/mol. The Labute approximate surface area is 91.0 Å². The Kier molecular flexibility index (Phi) is 2.19. The Morgan fingerprint density at radius 3 is 2.40 bits per heavy atom. The summed E-state index contributed by atoms with van der Waals surface area (Å²) in [4.78, 5) is 12.2. The van der Waals surface area contributed by atoms with Crippen LogP contribution < -0.4 is 5.32 Å². The van der Waals surface area contributed by atoms with Crippen LogP contribution in [0, 0.1) is 13.8 Å². The van der Waals surface area contributed by atoms with Crippen molar-refractivity contribution < 1.29 is 0 Å². The van der Waals surface area contributed by atoms with E-state index >= 15 is 0 Å². The number of fused-ring (bicyclic) bond motifs is 1. The van der Waals surface area contributed by atoms with Crippen LogP contribution >= 0.6 is 0 Å². The van der Waals surface area contributed by atoms with E-state index < -0.39 is 8.07 Å². The van der Waals surface area contributed by atoms with E-state index in [1.165, 1.54) is 5.32 Å². The number of aromatic nitrogens is 3. The van der Waals surface area contributed by atoms with Gasteiger partial charge in [0.1, 0.15) is 11.5 Å². The van der Waals surface area contributed by atoms with E-state index in [0.29, 0.717) is 0 Å². The zero-order chi connectivity index (χ0) is 11.2. The number of nitrogens with zero attached hydrogens (tertiary/aromatic N) is 2. The first-order valence-corrected chi connectivity index (χ1v) is 8.72. The lowest BCUT2D eigenvalue weighted by atomic mass is 10.3. The third-order valence-corrected chi connectivity index (χ3v) is 4.48. The molecule has 4 heteroatoms. The van der Waals surface area contributed by atoms with Crippen molar-refractivity contribution in [3.05, 3.63) is 17.6 Å². The van der Waals surface area contributed by atoms with Crippen molar-refractivity contribution in [2.45, 2.75) is 33.5 Å². The van der Waals surface area contributed by atoms with E-state index in [4.69, 9.17) is 0 Å². The molecule has 80 valence electrons. The fourth-order valence-corrected chi connectivity index (χ4v) is 2.77. The summed E-state index contributed by atoms with van der Waals surface area (Å²) in [6, 6.07) is 2.22. The Bertz CT molecular complexity index is 508. The van der Waals surface area contributed by atoms with Gasteiger partial charge in [0.15, 0.2) is 0 Å². The molecule has 0 aromatic carbocycles. The molecule has 15 heavy (non-hydrogen) atoms. The van der Waals surface area contributed by atoms with Gasteiger partial charge in [-0.05, 0) is 19.9 Å². The zero-order valence-electron chi connectivity index (χ0n) is 9.97. The molecule has 0 saturated carbocycles. The maximum absolute atomic E-state index is 4.43. The number of hydrogen-bond donors (Lipinski definition) is 1. The summed E-state index contributed by atoms with van der Waals surface area (Å²) in [5.74, 6) is 0.837. The van der Waals surface area contributed by atoms with E-state index in [2.05, 4.69) is 40.7 Å². The minimum Gasteiger partial charge on any atom is -0.347 e. The van der Waals surface area contributed by atoms with Gasteiger partial charge < -0.3 is 4.98 Å². The molecule has 2 rings (SSSR count). The van der Waals surface area contributed by atoms with Gasteiger partial charge in [-0.1, -0.05) is 19.6 Å². The fourth-order valence-electron chi connectivity index (χ4n) is 1.70. The Balaban J connectivity index is 2.71. The largest absolute Gasteiger partial charge is 0.347 e. The third-order valence-electron chi connectivity index (χ3n) is 2.60. The zero-order valence-corrected chi connectivity index (χ0v) is 11.0. The van der Waals surface area contributed by atoms with Crippen LogP contribution in [-0.2, 0) is 0 Å². The van der Waals surface area contributed by atoms with Gasteiger partial charge in [0.25, 0.3) is 0 Å². The highest BCUT2D eigenvalue weighted by Gasteiger charge is 2.19. The van der Waals surface area contributed by atoms with E-state index in [-0.39, 0.29) is 0 Å². The highest BCUT2D eigenvalue weighted by Crippen LogP contribution is 2.14. The second-order valence-corrected chi connectivity index (χ2v) is 10.1. The van der Waals surface area contributed by atoms with Crippen LogP contribution in [0.5, 0.6) is 0 Å². The van der Waals surface area contributed by atoms with Crippen LogP contribution in [0.3, 0.4) is 0 Å². The van der Waals surface area contributed by atoms with Gasteiger partial charge in [0.05, 0.1) is 13.8 Å². The lowest BCUT2D eigenvalue weighted by Crippen LogP contribution is -2.38. The van der Waals surface area contributed by atoms with Crippen molar-refractivity contribution in [2.75, 3.05) is 0 Å². The number of nitrogens with one attached hydrogen (secondary N) is 1. The summed E-state index contributed by atoms with van der Waals surface area (Å²) in [7, 11) is -1.28. The first-order chi connectivity index (χ1) is 6.88. The van der Waals surface area contributed by atoms with Crippen LogP contribution in [-0.4, -0.2) is 23.0 Å². The van der Waals surface area contributed by atoms with Crippen LogP contribution in [0.25, 0.3) is 11.0 Å². The number of aryl methyl sites for hydroxylation is 2. The minimum absolute atomic E-state index is 0.837. The van der Waals surface area contributed by atoms with E-state index in [0.717, 1.165) is 22.6 Å². The predicted octanol–water partition coefficient (Wildman–Crippen LogP) is 2.12. The van der Waals surface area contributed by atoms with Crippen LogP contribution in [0.1, 0.15) is 11.5 Å². The Hall–Kier alpha value is -1.16. The molecule has 2 heterocycles. The molecule has 0 saturated heterocycles. The average Bonchev–Trinajstić information content (AvgIpc) is 2.46. The lowest BCUT2D eigenvalue weighted by Gasteiger charge is -2.12. The second kappa shape index (κ2) is 3.17. The van der Waals surface area contributed by atoms with Crippen molar-refractivity contribution in [1.82, 2.24) is 15.0 Å². The molecule has 0 aliphatic heterocycles. The summed E-state index contributed by atoms with van der Waals surface area (Å²) in [5, 5.41) is 2.51.